The Labute approximate surface area is 96.7 Å². The van der Waals surface area contributed by atoms with Crippen molar-refractivity contribution in [3.63, 3.8) is 0 Å². The van der Waals surface area contributed by atoms with E-state index in [-0.39, 0.29) is 23.2 Å². The Morgan fingerprint density at radius 1 is 1.56 bits per heavy atom. The zero-order chi connectivity index (χ0) is 11.7. The monoisotopic (exact) mass is 246 g/mol. The Balaban J connectivity index is 2.03. The van der Waals surface area contributed by atoms with E-state index in [1.807, 2.05) is 0 Å². The summed E-state index contributed by atoms with van der Waals surface area (Å²) in [6, 6.07) is 0. The molecule has 0 amide bonds. The fourth-order valence-corrected chi connectivity index (χ4v) is 3.08. The third-order valence-electron chi connectivity index (χ3n) is 2.55. The number of hydrogen-bond donors (Lipinski definition) is 4. The normalized spacial score (nSPS) is 38.9. The van der Waals surface area contributed by atoms with Crippen molar-refractivity contribution >= 4 is 24.1 Å². The van der Waals surface area contributed by atoms with E-state index >= 15 is 0 Å². The van der Waals surface area contributed by atoms with E-state index in [9.17, 15) is 10.2 Å². The number of aliphatic hydroxyl groups excluding tert-OH is 3. The summed E-state index contributed by atoms with van der Waals surface area (Å²) in [5, 5.41) is 27.9. The van der Waals surface area contributed by atoms with E-state index in [2.05, 4.69) is 9.98 Å². The Hall–Kier alpha value is -0.830. The zero-order valence-electron chi connectivity index (χ0n) is 8.47. The van der Waals surface area contributed by atoms with Gasteiger partial charge in [-0.15, -0.1) is 11.8 Å². The lowest BCUT2D eigenvalue weighted by molar-refractivity contribution is 0.0466. The molecule has 0 aromatic carbocycles. The molecule has 0 spiro atoms. The van der Waals surface area contributed by atoms with Gasteiger partial charge in [-0.2, -0.15) is 4.99 Å². The highest BCUT2D eigenvalue weighted by Crippen LogP contribution is 2.36. The largest absolute Gasteiger partial charge is 0.395 e. The number of rotatable bonds is 2. The highest BCUT2D eigenvalue weighted by Gasteiger charge is 2.38. The van der Waals surface area contributed by atoms with Crippen LogP contribution in [0, 0.1) is 0 Å². The van der Waals surface area contributed by atoms with Crippen LogP contribution >= 0.6 is 11.8 Å². The van der Waals surface area contributed by atoms with Crippen LogP contribution in [-0.4, -0.2) is 62.2 Å². The number of thioether (sulfide) groups is 1. The summed E-state index contributed by atoms with van der Waals surface area (Å²) in [5.74, 6) is 0.0333. The minimum absolute atomic E-state index is 0.0333. The molecule has 16 heavy (non-hydrogen) atoms. The molecule has 0 bridgehead atoms. The first-order chi connectivity index (χ1) is 7.61. The Bertz CT molecular complexity index is 324. The van der Waals surface area contributed by atoms with Gasteiger partial charge in [0.15, 0.2) is 0 Å². The van der Waals surface area contributed by atoms with Gasteiger partial charge in [0, 0.05) is 6.42 Å². The van der Waals surface area contributed by atoms with Crippen molar-refractivity contribution in [2.45, 2.75) is 29.5 Å². The topological polar surface area (TPSA) is 115 Å². The maximum Gasteiger partial charge on any atom is 0.230 e. The van der Waals surface area contributed by atoms with E-state index in [0.29, 0.717) is 6.42 Å². The van der Waals surface area contributed by atoms with Crippen molar-refractivity contribution in [3.8, 4) is 0 Å². The quantitative estimate of drug-likeness (QED) is 0.453. The molecule has 1 fully saturated rings. The van der Waals surface area contributed by atoms with E-state index in [1.54, 1.807) is 0 Å². The molecule has 2 unspecified atom stereocenters. The zero-order valence-corrected chi connectivity index (χ0v) is 9.29. The minimum atomic E-state index is -1.07. The summed E-state index contributed by atoms with van der Waals surface area (Å²) in [6.45, 7) is -0.0885. The summed E-state index contributed by atoms with van der Waals surface area (Å²) >= 11 is 1.39. The van der Waals surface area contributed by atoms with Crippen LogP contribution in [0.4, 0.5) is 0 Å². The molecule has 7 nitrogen and oxygen atoms in total. The fraction of sp³-hybridized carbons (Fsp3) is 0.750. The van der Waals surface area contributed by atoms with Gasteiger partial charge in [0.25, 0.3) is 0 Å². The molecule has 0 radical (unpaired) electrons. The molecule has 2 aliphatic rings. The first kappa shape index (κ1) is 11.6. The first-order valence-corrected chi connectivity index (χ1v) is 5.83. The molecule has 5 N–H and O–H groups in total. The van der Waals surface area contributed by atoms with Crippen LogP contribution in [0.5, 0.6) is 0 Å². The highest BCUT2D eigenvalue weighted by molar-refractivity contribution is 8.00. The Morgan fingerprint density at radius 3 is 2.88 bits per heavy atom. The van der Waals surface area contributed by atoms with Gasteiger partial charge in [-0.3, -0.25) is 0 Å². The predicted molar refractivity (Wildman–Crippen MR) is 60.8 cm³/mol. The van der Waals surface area contributed by atoms with Gasteiger partial charge in [0.05, 0.1) is 29.7 Å². The average molecular weight is 246 g/mol. The van der Waals surface area contributed by atoms with Gasteiger partial charge < -0.3 is 26.0 Å². The number of aliphatic imine (C=N–C) groups is 2. The predicted octanol–water partition coefficient (Wildman–Crippen LogP) is -1.89. The maximum absolute atomic E-state index is 9.65. The summed E-state index contributed by atoms with van der Waals surface area (Å²) in [6.07, 6.45) is 0.217. The van der Waals surface area contributed by atoms with Crippen molar-refractivity contribution in [2.24, 2.45) is 15.7 Å². The van der Waals surface area contributed by atoms with Crippen LogP contribution in [-0.2, 0) is 0 Å². The van der Waals surface area contributed by atoms with Gasteiger partial charge >= 0.3 is 0 Å². The van der Waals surface area contributed by atoms with Crippen molar-refractivity contribution in [1.82, 2.24) is 4.90 Å². The molecular formula is C8H14N4O3S. The number of hydrogen-bond acceptors (Lipinski definition) is 8. The van der Waals surface area contributed by atoms with Crippen molar-refractivity contribution in [2.75, 3.05) is 6.61 Å². The number of aliphatic hydroxyl groups is 3. The van der Waals surface area contributed by atoms with E-state index < -0.39 is 12.5 Å². The summed E-state index contributed by atoms with van der Waals surface area (Å²) in [4.78, 5) is 9.01. The van der Waals surface area contributed by atoms with Gasteiger partial charge in [0.1, 0.15) is 0 Å². The van der Waals surface area contributed by atoms with E-state index in [4.69, 9.17) is 10.8 Å². The first-order valence-electron chi connectivity index (χ1n) is 4.89. The molecule has 8 heteroatoms. The number of guanidine groups is 1. The summed E-state index contributed by atoms with van der Waals surface area (Å²) < 4.78 is 0. The molecule has 2 aliphatic heterocycles. The van der Waals surface area contributed by atoms with Crippen LogP contribution in [0.25, 0.3) is 0 Å². The molecule has 0 saturated carbocycles. The number of nitrogens with two attached hydrogens (primary N) is 1. The standard InChI is InChI=1S/C8H14N4O3S/c9-7-10-3-12(8(15)11-7)6-1-4(14)5(2-13)16-6/h3-6,8,13-15H,1-2H2,(H2,9,11)/t4?,5-,6-,8?/m1/s1. The maximum atomic E-state index is 9.65. The van der Waals surface area contributed by atoms with Crippen molar-refractivity contribution < 1.29 is 15.3 Å². The van der Waals surface area contributed by atoms with Gasteiger partial charge in [-0.05, 0) is 0 Å². The lowest BCUT2D eigenvalue weighted by Crippen LogP contribution is -2.42. The molecule has 2 rings (SSSR count). The molecule has 0 aliphatic carbocycles. The van der Waals surface area contributed by atoms with Gasteiger partial charge in [0.2, 0.25) is 12.3 Å². The second kappa shape index (κ2) is 4.58. The van der Waals surface area contributed by atoms with Crippen LogP contribution < -0.4 is 5.73 Å². The summed E-state index contributed by atoms with van der Waals surface area (Å²) in [7, 11) is 0. The second-order valence-corrected chi connectivity index (χ2v) is 5.06. The third kappa shape index (κ3) is 2.14. The third-order valence-corrected chi connectivity index (χ3v) is 4.12. The lowest BCUT2D eigenvalue weighted by atomic mass is 10.2. The SMILES string of the molecule is NC1=NC(O)N([C@H]2CC(O)[C@@H](CO)S2)C=N1. The Kier molecular flexibility index (Phi) is 3.33. The molecule has 90 valence electrons. The molecule has 4 atom stereocenters. The van der Waals surface area contributed by atoms with Crippen LogP contribution in [0.2, 0.25) is 0 Å². The van der Waals surface area contributed by atoms with E-state index in [0.717, 1.165) is 0 Å². The highest BCUT2D eigenvalue weighted by atomic mass is 32.2. The lowest BCUT2D eigenvalue weighted by Gasteiger charge is -2.30. The molecule has 2 heterocycles. The smallest absolute Gasteiger partial charge is 0.230 e. The van der Waals surface area contributed by atoms with Crippen molar-refractivity contribution in [3.05, 3.63) is 0 Å². The van der Waals surface area contributed by atoms with Crippen LogP contribution in [0.15, 0.2) is 9.98 Å². The average Bonchev–Trinajstić information content (AvgIpc) is 2.59. The molecule has 0 aromatic rings. The van der Waals surface area contributed by atoms with Gasteiger partial charge in [-0.25, -0.2) is 4.99 Å². The summed E-state index contributed by atoms with van der Waals surface area (Å²) in [5.41, 5.74) is 5.34. The van der Waals surface area contributed by atoms with Crippen LogP contribution in [0.1, 0.15) is 6.42 Å². The van der Waals surface area contributed by atoms with Crippen molar-refractivity contribution in [1.29, 1.82) is 0 Å². The van der Waals surface area contributed by atoms with E-state index in [1.165, 1.54) is 23.0 Å². The fourth-order valence-electron chi connectivity index (χ4n) is 1.69. The number of nitrogens with zero attached hydrogens (tertiary/aromatic N) is 3. The minimum Gasteiger partial charge on any atom is -0.395 e. The molecule has 1 saturated heterocycles. The Morgan fingerprint density at radius 2 is 2.31 bits per heavy atom. The molecular weight excluding hydrogens is 232 g/mol. The second-order valence-electron chi connectivity index (χ2n) is 3.64. The molecule has 0 aromatic heterocycles. The van der Waals surface area contributed by atoms with Crippen LogP contribution in [0.3, 0.4) is 0 Å². The van der Waals surface area contributed by atoms with Gasteiger partial charge in [-0.1, -0.05) is 0 Å².